The van der Waals surface area contributed by atoms with Crippen molar-refractivity contribution in [1.29, 1.82) is 0 Å². The lowest BCUT2D eigenvalue weighted by atomic mass is 9.73. The van der Waals surface area contributed by atoms with Crippen LogP contribution in [0.15, 0.2) is 49.1 Å². The van der Waals surface area contributed by atoms with Gasteiger partial charge in [0.15, 0.2) is 0 Å². The molecular formula is C30H45N7O. The molecule has 0 aliphatic heterocycles. The number of aromatic amines is 2. The molecule has 0 bridgehead atoms. The first-order valence-corrected chi connectivity index (χ1v) is 14.3. The van der Waals surface area contributed by atoms with E-state index in [2.05, 4.69) is 63.1 Å². The second kappa shape index (κ2) is 13.7. The van der Waals surface area contributed by atoms with Crippen molar-refractivity contribution in [2.75, 3.05) is 19.6 Å². The summed E-state index contributed by atoms with van der Waals surface area (Å²) in [7, 11) is 0. The number of aromatic nitrogens is 4. The lowest BCUT2D eigenvalue weighted by Gasteiger charge is -2.42. The van der Waals surface area contributed by atoms with Crippen LogP contribution < -0.4 is 5.32 Å². The molecule has 0 radical (unpaired) electrons. The lowest BCUT2D eigenvalue weighted by molar-refractivity contribution is 0.0721. The van der Waals surface area contributed by atoms with Crippen LogP contribution in [-0.2, 0) is 19.6 Å². The largest absolute Gasteiger partial charge is 0.347 e. The molecule has 0 unspecified atom stereocenters. The number of imidazole rings is 2. The zero-order valence-electron chi connectivity index (χ0n) is 23.4. The molecule has 2 heterocycles. The topological polar surface area (TPSA) is 92.9 Å². The first-order valence-electron chi connectivity index (χ1n) is 14.3. The van der Waals surface area contributed by atoms with Gasteiger partial charge in [0.2, 0.25) is 0 Å². The van der Waals surface area contributed by atoms with E-state index in [9.17, 15) is 4.79 Å². The van der Waals surface area contributed by atoms with Gasteiger partial charge in [-0.1, -0.05) is 32.9 Å². The highest BCUT2D eigenvalue weighted by Crippen LogP contribution is 2.37. The Balaban J connectivity index is 1.28. The summed E-state index contributed by atoms with van der Waals surface area (Å²) in [6, 6.07) is 8.74. The summed E-state index contributed by atoms with van der Waals surface area (Å²) >= 11 is 0. The second-order valence-corrected chi connectivity index (χ2v) is 11.1. The number of carbonyl (C=O) groups excluding carboxylic acids is 1. The minimum atomic E-state index is -0.0400. The number of H-pyrrole nitrogens is 2. The highest BCUT2D eigenvalue weighted by atomic mass is 16.2. The van der Waals surface area contributed by atoms with Gasteiger partial charge < -0.3 is 25.1 Å². The van der Waals surface area contributed by atoms with Gasteiger partial charge in [-0.25, -0.2) is 9.97 Å². The van der Waals surface area contributed by atoms with Gasteiger partial charge in [0.25, 0.3) is 5.91 Å². The molecule has 0 spiro atoms. The number of amides is 1. The molecule has 1 aliphatic rings. The van der Waals surface area contributed by atoms with Gasteiger partial charge in [-0.3, -0.25) is 4.79 Å². The Labute approximate surface area is 227 Å². The maximum Gasteiger partial charge on any atom is 0.254 e. The summed E-state index contributed by atoms with van der Waals surface area (Å²) in [5, 5.41) is 3.70. The predicted octanol–water partition coefficient (Wildman–Crippen LogP) is 5.14. The molecule has 1 fully saturated rings. The molecule has 1 amide bonds. The van der Waals surface area contributed by atoms with Crippen LogP contribution in [0.1, 0.15) is 86.9 Å². The van der Waals surface area contributed by atoms with Crippen molar-refractivity contribution in [2.45, 2.75) is 85.0 Å². The Bertz CT molecular complexity index is 1030. The van der Waals surface area contributed by atoms with E-state index in [1.54, 1.807) is 29.7 Å². The van der Waals surface area contributed by atoms with E-state index in [-0.39, 0.29) is 5.91 Å². The summed E-state index contributed by atoms with van der Waals surface area (Å²) < 4.78 is 0. The van der Waals surface area contributed by atoms with Crippen molar-refractivity contribution < 1.29 is 4.79 Å². The number of nitrogens with zero attached hydrogens (tertiary/aromatic N) is 4. The SMILES string of the molecule is CCCN(CCC)C1CCC(C)(CNCc2ccc(C(=O)N(Cc3ncc[nH]3)Cc3ncc[nH]3)cc2)CC1. The van der Waals surface area contributed by atoms with Crippen LogP contribution in [0.4, 0.5) is 0 Å². The molecule has 1 saturated carbocycles. The number of nitrogens with one attached hydrogen (secondary N) is 3. The zero-order valence-corrected chi connectivity index (χ0v) is 23.4. The van der Waals surface area contributed by atoms with E-state index in [1.165, 1.54) is 57.2 Å². The highest BCUT2D eigenvalue weighted by Gasteiger charge is 2.32. The van der Waals surface area contributed by atoms with Crippen LogP contribution in [0.5, 0.6) is 0 Å². The third-order valence-electron chi connectivity index (χ3n) is 7.86. The van der Waals surface area contributed by atoms with Gasteiger partial charge in [-0.05, 0) is 74.7 Å². The molecule has 38 heavy (non-hydrogen) atoms. The Hall–Kier alpha value is -2.97. The first kappa shape index (κ1) is 28.0. The van der Waals surface area contributed by atoms with Crippen LogP contribution in [0.25, 0.3) is 0 Å². The molecule has 3 N–H and O–H groups in total. The van der Waals surface area contributed by atoms with Gasteiger partial charge >= 0.3 is 0 Å². The average Bonchev–Trinajstić information content (AvgIpc) is 3.63. The molecule has 1 aliphatic carbocycles. The summed E-state index contributed by atoms with van der Waals surface area (Å²) in [6.45, 7) is 12.1. The van der Waals surface area contributed by atoms with Gasteiger partial charge in [-0.15, -0.1) is 0 Å². The predicted molar refractivity (Wildman–Crippen MR) is 151 cm³/mol. The van der Waals surface area contributed by atoms with Crippen LogP contribution in [0, 0.1) is 5.41 Å². The van der Waals surface area contributed by atoms with E-state index in [1.807, 2.05) is 12.1 Å². The van der Waals surface area contributed by atoms with Crippen molar-refractivity contribution in [3.8, 4) is 0 Å². The maximum absolute atomic E-state index is 13.4. The van der Waals surface area contributed by atoms with E-state index in [0.29, 0.717) is 24.1 Å². The zero-order chi connectivity index (χ0) is 26.8. The molecular weight excluding hydrogens is 474 g/mol. The van der Waals surface area contributed by atoms with Gasteiger partial charge in [-0.2, -0.15) is 0 Å². The van der Waals surface area contributed by atoms with E-state index in [4.69, 9.17) is 0 Å². The van der Waals surface area contributed by atoms with Crippen LogP contribution >= 0.6 is 0 Å². The number of hydrogen-bond donors (Lipinski definition) is 3. The van der Waals surface area contributed by atoms with E-state index < -0.39 is 0 Å². The fourth-order valence-corrected chi connectivity index (χ4v) is 5.68. The van der Waals surface area contributed by atoms with E-state index in [0.717, 1.165) is 30.8 Å². The molecule has 8 heteroatoms. The van der Waals surface area contributed by atoms with E-state index >= 15 is 0 Å². The summed E-state index contributed by atoms with van der Waals surface area (Å²) in [4.78, 5) is 32.6. The van der Waals surface area contributed by atoms with Crippen molar-refractivity contribution in [3.05, 3.63) is 71.8 Å². The summed E-state index contributed by atoms with van der Waals surface area (Å²) in [5.41, 5.74) is 2.22. The third kappa shape index (κ3) is 7.77. The quantitative estimate of drug-likeness (QED) is 0.274. The Morgan fingerprint density at radius 2 is 1.55 bits per heavy atom. The standard InChI is InChI=1S/C30H45N7O/c1-4-18-36(19-5-2)26-10-12-30(3,13-11-26)23-31-20-24-6-8-25(9-7-24)29(38)37(21-27-32-14-15-33-27)22-28-34-16-17-35-28/h6-9,14-17,26,31H,4-5,10-13,18-23H2,1-3H3,(H,32,33)(H,34,35). The first-order chi connectivity index (χ1) is 18.5. The smallest absolute Gasteiger partial charge is 0.254 e. The Morgan fingerprint density at radius 3 is 2.05 bits per heavy atom. The summed E-state index contributed by atoms with van der Waals surface area (Å²) in [5.74, 6) is 1.45. The molecule has 2 aromatic heterocycles. The molecule has 0 saturated heterocycles. The minimum absolute atomic E-state index is 0.0400. The Morgan fingerprint density at radius 1 is 0.974 bits per heavy atom. The van der Waals surface area contributed by atoms with Crippen molar-refractivity contribution in [2.24, 2.45) is 5.41 Å². The molecule has 206 valence electrons. The monoisotopic (exact) mass is 519 g/mol. The average molecular weight is 520 g/mol. The fourth-order valence-electron chi connectivity index (χ4n) is 5.68. The van der Waals surface area contributed by atoms with Gasteiger partial charge in [0.05, 0.1) is 13.1 Å². The van der Waals surface area contributed by atoms with Crippen molar-refractivity contribution in [1.82, 2.24) is 35.1 Å². The molecule has 8 nitrogen and oxygen atoms in total. The van der Waals surface area contributed by atoms with Crippen LogP contribution in [0.3, 0.4) is 0 Å². The van der Waals surface area contributed by atoms with Crippen LogP contribution in [-0.4, -0.2) is 61.3 Å². The molecule has 1 aromatic carbocycles. The number of carbonyl (C=O) groups is 1. The van der Waals surface area contributed by atoms with Gasteiger partial charge in [0.1, 0.15) is 11.6 Å². The maximum atomic E-state index is 13.4. The number of rotatable bonds is 14. The number of hydrogen-bond acceptors (Lipinski definition) is 5. The van der Waals surface area contributed by atoms with Crippen molar-refractivity contribution >= 4 is 5.91 Å². The fraction of sp³-hybridized carbons (Fsp3) is 0.567. The van der Waals surface area contributed by atoms with Gasteiger partial charge in [0, 0.05) is 49.5 Å². The Kier molecular flexibility index (Phi) is 10.1. The number of benzene rings is 1. The minimum Gasteiger partial charge on any atom is -0.347 e. The van der Waals surface area contributed by atoms with Crippen molar-refractivity contribution in [3.63, 3.8) is 0 Å². The molecule has 4 rings (SSSR count). The third-order valence-corrected chi connectivity index (χ3v) is 7.86. The normalized spacial score (nSPS) is 19.6. The lowest BCUT2D eigenvalue weighted by Crippen LogP contribution is -2.43. The van der Waals surface area contributed by atoms with Crippen LogP contribution in [0.2, 0.25) is 0 Å². The highest BCUT2D eigenvalue weighted by molar-refractivity contribution is 5.94. The summed E-state index contributed by atoms with van der Waals surface area (Å²) in [6.07, 6.45) is 14.6. The molecule has 0 atom stereocenters. The second-order valence-electron chi connectivity index (χ2n) is 11.1. The molecule has 3 aromatic rings.